The number of rotatable bonds is 2. The zero-order valence-corrected chi connectivity index (χ0v) is 12.0. The monoisotopic (exact) mass is 300 g/mol. The summed E-state index contributed by atoms with van der Waals surface area (Å²) in [6, 6.07) is 3.09. The van der Waals surface area contributed by atoms with Crippen LogP contribution in [0, 0.1) is 11.8 Å². The maximum Gasteiger partial charge on any atom is 0.289 e. The molecule has 3 aliphatic rings. The van der Waals surface area contributed by atoms with Crippen LogP contribution in [0.25, 0.3) is 0 Å². The molecular formula is C16H16N2O4. The minimum absolute atomic E-state index is 0.0746. The Labute approximate surface area is 127 Å². The van der Waals surface area contributed by atoms with Gasteiger partial charge in [-0.2, -0.15) is 0 Å². The topological polar surface area (TPSA) is 70.8 Å². The van der Waals surface area contributed by atoms with E-state index in [4.69, 9.17) is 4.42 Å². The minimum atomic E-state index is -0.202. The second-order valence-corrected chi connectivity index (χ2v) is 6.04. The number of carbonyl (C=O) groups is 3. The molecule has 2 atom stereocenters. The van der Waals surface area contributed by atoms with E-state index in [2.05, 4.69) is 0 Å². The van der Waals surface area contributed by atoms with E-state index >= 15 is 0 Å². The number of hydrogen-bond acceptors (Lipinski definition) is 4. The van der Waals surface area contributed by atoms with Crippen molar-refractivity contribution in [2.45, 2.75) is 18.9 Å². The molecule has 114 valence electrons. The van der Waals surface area contributed by atoms with Crippen LogP contribution >= 0.6 is 0 Å². The van der Waals surface area contributed by atoms with E-state index in [0.29, 0.717) is 25.9 Å². The van der Waals surface area contributed by atoms with Gasteiger partial charge in [-0.15, -0.1) is 0 Å². The number of imide groups is 1. The second-order valence-electron chi connectivity index (χ2n) is 6.04. The van der Waals surface area contributed by atoms with Gasteiger partial charge in [0.2, 0.25) is 11.8 Å². The summed E-state index contributed by atoms with van der Waals surface area (Å²) in [5, 5.41) is 0. The first-order valence-electron chi connectivity index (χ1n) is 7.51. The summed E-state index contributed by atoms with van der Waals surface area (Å²) in [6.07, 6.45) is 6.70. The molecule has 6 nitrogen and oxygen atoms in total. The van der Waals surface area contributed by atoms with Gasteiger partial charge < -0.3 is 9.32 Å². The van der Waals surface area contributed by atoms with Gasteiger partial charge in [-0.1, -0.05) is 12.2 Å². The van der Waals surface area contributed by atoms with E-state index < -0.39 is 0 Å². The van der Waals surface area contributed by atoms with Gasteiger partial charge in [0.15, 0.2) is 5.76 Å². The van der Waals surface area contributed by atoms with Crippen LogP contribution in [0.1, 0.15) is 23.4 Å². The van der Waals surface area contributed by atoms with Crippen LogP contribution in [0.15, 0.2) is 35.0 Å². The fourth-order valence-electron chi connectivity index (χ4n) is 3.53. The van der Waals surface area contributed by atoms with Crippen molar-refractivity contribution in [1.29, 1.82) is 0 Å². The second kappa shape index (κ2) is 4.83. The van der Waals surface area contributed by atoms with Gasteiger partial charge in [-0.05, 0) is 25.0 Å². The maximum atomic E-state index is 12.4. The molecule has 6 heteroatoms. The highest BCUT2D eigenvalue weighted by Crippen LogP contribution is 2.37. The van der Waals surface area contributed by atoms with Crippen molar-refractivity contribution < 1.29 is 18.8 Å². The van der Waals surface area contributed by atoms with Crippen LogP contribution < -0.4 is 0 Å². The van der Waals surface area contributed by atoms with Crippen molar-refractivity contribution >= 4 is 17.7 Å². The van der Waals surface area contributed by atoms with Crippen LogP contribution in [0.2, 0.25) is 0 Å². The van der Waals surface area contributed by atoms with E-state index in [1.807, 2.05) is 12.2 Å². The predicted molar refractivity (Wildman–Crippen MR) is 75.6 cm³/mol. The maximum absolute atomic E-state index is 12.4. The first-order chi connectivity index (χ1) is 10.7. The van der Waals surface area contributed by atoms with Gasteiger partial charge >= 0.3 is 0 Å². The summed E-state index contributed by atoms with van der Waals surface area (Å²) in [5.74, 6) is -0.460. The molecule has 0 N–H and O–H groups in total. The first kappa shape index (κ1) is 13.3. The molecule has 1 aromatic heterocycles. The SMILES string of the molecule is O=C(c1ccco1)N1CC(N2C(=O)C3CC=CCC3C2=O)C1. The molecule has 2 aliphatic heterocycles. The number of furan rings is 1. The highest BCUT2D eigenvalue weighted by atomic mass is 16.3. The number of nitrogens with zero attached hydrogens (tertiary/aromatic N) is 2. The van der Waals surface area contributed by atoms with Crippen molar-refractivity contribution in [1.82, 2.24) is 9.80 Å². The standard InChI is InChI=1S/C16H16N2O4/c19-14-11-4-1-2-5-12(11)15(20)18(14)10-8-17(9-10)16(21)13-6-3-7-22-13/h1-3,6-7,10-12H,4-5,8-9H2. The molecule has 0 radical (unpaired) electrons. The Balaban J connectivity index is 1.44. The molecule has 0 bridgehead atoms. The molecule has 0 aromatic carbocycles. The summed E-state index contributed by atoms with van der Waals surface area (Å²) in [6.45, 7) is 0.785. The molecule has 0 spiro atoms. The Kier molecular flexibility index (Phi) is 2.92. The fourth-order valence-corrected chi connectivity index (χ4v) is 3.53. The molecular weight excluding hydrogens is 284 g/mol. The average molecular weight is 300 g/mol. The van der Waals surface area contributed by atoms with E-state index in [0.717, 1.165) is 0 Å². The van der Waals surface area contributed by atoms with Gasteiger partial charge in [-0.25, -0.2) is 0 Å². The molecule has 3 amide bonds. The molecule has 1 aromatic rings. The molecule has 4 rings (SSSR count). The van der Waals surface area contributed by atoms with Gasteiger partial charge in [0.25, 0.3) is 5.91 Å². The molecule has 1 aliphatic carbocycles. The van der Waals surface area contributed by atoms with Crippen LogP contribution in [0.5, 0.6) is 0 Å². The predicted octanol–water partition coefficient (Wildman–Crippen LogP) is 1.06. The van der Waals surface area contributed by atoms with Crippen LogP contribution in [0.3, 0.4) is 0 Å². The van der Waals surface area contributed by atoms with E-state index in [9.17, 15) is 14.4 Å². The van der Waals surface area contributed by atoms with Crippen LogP contribution in [-0.2, 0) is 9.59 Å². The first-order valence-corrected chi connectivity index (χ1v) is 7.51. The van der Waals surface area contributed by atoms with Crippen LogP contribution in [0.4, 0.5) is 0 Å². The Morgan fingerprint density at radius 2 is 1.73 bits per heavy atom. The number of allylic oxidation sites excluding steroid dienone is 2. The normalized spacial score (nSPS) is 28.0. The summed E-state index contributed by atoms with van der Waals surface area (Å²) in [7, 11) is 0. The quantitative estimate of drug-likeness (QED) is 0.605. The highest BCUT2D eigenvalue weighted by Gasteiger charge is 2.52. The Bertz CT molecular complexity index is 632. The third-order valence-electron chi connectivity index (χ3n) is 4.79. The van der Waals surface area contributed by atoms with Crippen molar-refractivity contribution in [3.63, 3.8) is 0 Å². The summed E-state index contributed by atoms with van der Waals surface area (Å²) >= 11 is 0. The highest BCUT2D eigenvalue weighted by molar-refractivity contribution is 6.06. The van der Waals surface area contributed by atoms with Gasteiger partial charge in [0.1, 0.15) is 0 Å². The van der Waals surface area contributed by atoms with Crippen molar-refractivity contribution in [2.75, 3.05) is 13.1 Å². The lowest BCUT2D eigenvalue weighted by Crippen LogP contribution is -2.62. The Morgan fingerprint density at radius 3 is 2.27 bits per heavy atom. The smallest absolute Gasteiger partial charge is 0.289 e. The lowest BCUT2D eigenvalue weighted by molar-refractivity contribution is -0.145. The number of carbonyl (C=O) groups excluding carboxylic acids is 3. The number of hydrogen-bond donors (Lipinski definition) is 0. The van der Waals surface area contributed by atoms with E-state index in [1.54, 1.807) is 17.0 Å². The van der Waals surface area contributed by atoms with Crippen molar-refractivity contribution in [3.8, 4) is 0 Å². The van der Waals surface area contributed by atoms with E-state index in [-0.39, 0.29) is 41.4 Å². The largest absolute Gasteiger partial charge is 0.459 e. The zero-order valence-electron chi connectivity index (χ0n) is 12.0. The van der Waals surface area contributed by atoms with Crippen molar-refractivity contribution in [3.05, 3.63) is 36.3 Å². The third-order valence-corrected chi connectivity index (χ3v) is 4.79. The molecule has 22 heavy (non-hydrogen) atoms. The lowest BCUT2D eigenvalue weighted by Gasteiger charge is -2.42. The molecule has 2 fully saturated rings. The third kappa shape index (κ3) is 1.83. The van der Waals surface area contributed by atoms with Gasteiger partial charge in [0.05, 0.1) is 24.1 Å². The average Bonchev–Trinajstić information content (AvgIpc) is 3.09. The number of amides is 3. The minimum Gasteiger partial charge on any atom is -0.459 e. The van der Waals surface area contributed by atoms with Crippen molar-refractivity contribution in [2.24, 2.45) is 11.8 Å². The van der Waals surface area contributed by atoms with Gasteiger partial charge in [-0.3, -0.25) is 19.3 Å². The molecule has 2 saturated heterocycles. The molecule has 0 saturated carbocycles. The molecule has 2 unspecified atom stereocenters. The number of likely N-dealkylation sites (tertiary alicyclic amines) is 2. The van der Waals surface area contributed by atoms with Gasteiger partial charge in [0, 0.05) is 13.1 Å². The van der Waals surface area contributed by atoms with Crippen LogP contribution in [-0.4, -0.2) is 46.7 Å². The fraction of sp³-hybridized carbons (Fsp3) is 0.438. The summed E-state index contributed by atoms with van der Waals surface area (Å²) in [5.41, 5.74) is 0. The number of fused-ring (bicyclic) bond motifs is 1. The summed E-state index contributed by atoms with van der Waals surface area (Å²) < 4.78 is 5.09. The Morgan fingerprint density at radius 1 is 1.09 bits per heavy atom. The zero-order chi connectivity index (χ0) is 15.3. The Hall–Kier alpha value is -2.37. The van der Waals surface area contributed by atoms with E-state index in [1.165, 1.54) is 11.2 Å². The molecule has 3 heterocycles. The lowest BCUT2D eigenvalue weighted by atomic mass is 9.85. The summed E-state index contributed by atoms with van der Waals surface area (Å²) in [4.78, 5) is 40.0.